The molecule has 1 saturated carbocycles. The van der Waals surface area contributed by atoms with Crippen LogP contribution in [0.2, 0.25) is 0 Å². The van der Waals surface area contributed by atoms with Crippen molar-refractivity contribution in [3.63, 3.8) is 0 Å². The molecule has 0 unspecified atom stereocenters. The van der Waals surface area contributed by atoms with Crippen LogP contribution in [0.15, 0.2) is 36.5 Å². The lowest BCUT2D eigenvalue weighted by atomic mass is 9.88. The zero-order chi connectivity index (χ0) is 22.6. The summed E-state index contributed by atoms with van der Waals surface area (Å²) in [5.41, 5.74) is 2.48. The number of carbonyl (C=O) groups is 1. The van der Waals surface area contributed by atoms with Crippen molar-refractivity contribution in [3.8, 4) is 5.75 Å². The first-order valence-corrected chi connectivity index (χ1v) is 12.2. The Bertz CT molecular complexity index is 955. The minimum Gasteiger partial charge on any atom is -0.490 e. The smallest absolute Gasteiger partial charge is 0.358 e. The van der Waals surface area contributed by atoms with Gasteiger partial charge >= 0.3 is 5.97 Å². The Kier molecular flexibility index (Phi) is 6.62. The Morgan fingerprint density at radius 2 is 1.82 bits per heavy atom. The summed E-state index contributed by atoms with van der Waals surface area (Å²) in [5, 5.41) is 7.95. The minimum absolute atomic E-state index is 0.278. The number of ether oxygens (including phenoxy) is 2. The van der Waals surface area contributed by atoms with Crippen LogP contribution in [0.3, 0.4) is 0 Å². The van der Waals surface area contributed by atoms with Crippen LogP contribution in [0.5, 0.6) is 5.75 Å². The second kappa shape index (κ2) is 9.95. The average molecular weight is 452 g/mol. The second-order valence-electron chi connectivity index (χ2n) is 9.01. The molecule has 176 valence electrons. The van der Waals surface area contributed by atoms with E-state index in [9.17, 15) is 4.79 Å². The third kappa shape index (κ3) is 4.76. The van der Waals surface area contributed by atoms with Crippen LogP contribution in [0, 0.1) is 0 Å². The topological polar surface area (TPSA) is 71.0 Å². The van der Waals surface area contributed by atoms with Crippen LogP contribution in [-0.2, 0) is 4.74 Å². The molecule has 0 atom stereocenters. The molecule has 2 aliphatic heterocycles. The molecule has 0 N–H and O–H groups in total. The molecule has 33 heavy (non-hydrogen) atoms. The molecule has 3 aliphatic rings. The Labute approximate surface area is 195 Å². The lowest BCUT2D eigenvalue weighted by Gasteiger charge is -2.45. The fraction of sp³-hybridized carbons (Fsp3) is 0.560. The van der Waals surface area contributed by atoms with E-state index in [0.29, 0.717) is 18.7 Å². The minimum atomic E-state index is -0.412. The number of aromatic nitrogens is 2. The maximum atomic E-state index is 12.0. The number of hydrogen-bond acceptors (Lipinski definition) is 8. The van der Waals surface area contributed by atoms with Gasteiger partial charge in [0.25, 0.3) is 0 Å². The van der Waals surface area contributed by atoms with Crippen molar-refractivity contribution in [2.24, 2.45) is 0 Å². The molecule has 8 nitrogen and oxygen atoms in total. The maximum absolute atomic E-state index is 12.0. The van der Waals surface area contributed by atoms with E-state index < -0.39 is 5.97 Å². The van der Waals surface area contributed by atoms with Gasteiger partial charge in [-0.3, -0.25) is 4.90 Å². The molecule has 1 aromatic heterocycles. The van der Waals surface area contributed by atoms with Crippen molar-refractivity contribution in [3.05, 3.63) is 42.2 Å². The third-order valence-corrected chi connectivity index (χ3v) is 7.19. The molecule has 3 heterocycles. The summed E-state index contributed by atoms with van der Waals surface area (Å²) < 4.78 is 10.9. The largest absolute Gasteiger partial charge is 0.490 e. The van der Waals surface area contributed by atoms with E-state index in [0.717, 1.165) is 50.8 Å². The molecule has 0 spiro atoms. The van der Waals surface area contributed by atoms with Crippen molar-refractivity contribution in [2.75, 3.05) is 55.7 Å². The molecule has 5 rings (SSSR count). The molecule has 0 radical (unpaired) electrons. The van der Waals surface area contributed by atoms with Gasteiger partial charge in [-0.2, -0.15) is 5.10 Å². The number of benzene rings is 1. The third-order valence-electron chi connectivity index (χ3n) is 7.19. The monoisotopic (exact) mass is 451 g/mol. The SMILES string of the molecule is CCOC(=O)c1cc(N2CCN(C3CCC(N4CCOc5ccccc54)CC3)CC2)cnn1. The predicted molar refractivity (Wildman–Crippen MR) is 127 cm³/mol. The number of rotatable bonds is 5. The molecule has 1 saturated heterocycles. The van der Waals surface area contributed by atoms with Crippen LogP contribution in [0.4, 0.5) is 11.4 Å². The molecule has 2 fully saturated rings. The normalized spacial score (nSPS) is 23.5. The first kappa shape index (κ1) is 21.9. The number of hydrogen-bond donors (Lipinski definition) is 0. The summed E-state index contributed by atoms with van der Waals surface area (Å²) in [4.78, 5) is 19.5. The standard InChI is InChI=1S/C25H33N5O3/c1-2-32-25(31)22-17-21(18-26-27-22)29-13-11-28(12-14-29)19-7-9-20(10-8-19)30-15-16-33-24-6-4-3-5-23(24)30/h3-6,17-20H,2,7-16H2,1H3. The van der Waals surface area contributed by atoms with Gasteiger partial charge in [-0.05, 0) is 50.8 Å². The van der Waals surface area contributed by atoms with Crippen molar-refractivity contribution >= 4 is 17.3 Å². The van der Waals surface area contributed by atoms with Gasteiger partial charge < -0.3 is 19.3 Å². The molecule has 0 amide bonds. The fourth-order valence-corrected chi connectivity index (χ4v) is 5.48. The van der Waals surface area contributed by atoms with Crippen molar-refractivity contribution in [2.45, 2.75) is 44.7 Å². The number of piperazine rings is 1. The van der Waals surface area contributed by atoms with E-state index in [2.05, 4.69) is 49.2 Å². The Morgan fingerprint density at radius 3 is 2.61 bits per heavy atom. The van der Waals surface area contributed by atoms with Crippen LogP contribution < -0.4 is 14.5 Å². The Hall–Kier alpha value is -2.87. The van der Waals surface area contributed by atoms with Crippen molar-refractivity contribution in [1.29, 1.82) is 0 Å². The van der Waals surface area contributed by atoms with E-state index in [1.165, 1.54) is 31.4 Å². The first-order valence-electron chi connectivity index (χ1n) is 12.2. The van der Waals surface area contributed by atoms with Crippen molar-refractivity contribution < 1.29 is 14.3 Å². The zero-order valence-corrected chi connectivity index (χ0v) is 19.4. The molecule has 0 bridgehead atoms. The lowest BCUT2D eigenvalue weighted by molar-refractivity contribution is 0.0518. The highest BCUT2D eigenvalue weighted by atomic mass is 16.5. The molecular formula is C25H33N5O3. The summed E-state index contributed by atoms with van der Waals surface area (Å²) >= 11 is 0. The quantitative estimate of drug-likeness (QED) is 0.643. The average Bonchev–Trinajstić information content (AvgIpc) is 2.89. The van der Waals surface area contributed by atoms with Crippen molar-refractivity contribution in [1.82, 2.24) is 15.1 Å². The van der Waals surface area contributed by atoms with Gasteiger partial charge in [0, 0.05) is 38.3 Å². The maximum Gasteiger partial charge on any atom is 0.358 e. The summed E-state index contributed by atoms with van der Waals surface area (Å²) in [6, 6.07) is 11.5. The van der Waals surface area contributed by atoms with Crippen LogP contribution in [-0.4, -0.2) is 79.1 Å². The fourth-order valence-electron chi connectivity index (χ4n) is 5.48. The van der Waals surface area contributed by atoms with Gasteiger partial charge in [0.05, 0.1) is 30.7 Å². The summed E-state index contributed by atoms with van der Waals surface area (Å²) in [6.45, 7) is 7.83. The highest BCUT2D eigenvalue weighted by Crippen LogP contribution is 2.37. The molecule has 2 aromatic rings. The molecule has 1 aromatic carbocycles. The number of nitrogens with zero attached hydrogens (tertiary/aromatic N) is 5. The molecular weight excluding hydrogens is 418 g/mol. The van der Waals surface area contributed by atoms with Gasteiger partial charge in [-0.1, -0.05) is 12.1 Å². The summed E-state index contributed by atoms with van der Waals surface area (Å²) in [5.74, 6) is 0.615. The van der Waals surface area contributed by atoms with Gasteiger partial charge in [0.2, 0.25) is 0 Å². The number of esters is 1. The van der Waals surface area contributed by atoms with E-state index in [-0.39, 0.29) is 5.69 Å². The predicted octanol–water partition coefficient (Wildman–Crippen LogP) is 2.99. The van der Waals surface area contributed by atoms with Crippen LogP contribution >= 0.6 is 0 Å². The second-order valence-corrected chi connectivity index (χ2v) is 9.01. The molecule has 8 heteroatoms. The number of para-hydroxylation sites is 2. The first-order chi connectivity index (χ1) is 16.2. The van der Waals surface area contributed by atoms with E-state index in [1.807, 2.05) is 0 Å². The zero-order valence-electron chi connectivity index (χ0n) is 19.4. The number of anilines is 2. The number of carbonyl (C=O) groups excluding carboxylic acids is 1. The van der Waals surface area contributed by atoms with Gasteiger partial charge in [-0.25, -0.2) is 4.79 Å². The molecule has 1 aliphatic carbocycles. The Balaban J connectivity index is 1.14. The number of fused-ring (bicyclic) bond motifs is 1. The van der Waals surface area contributed by atoms with E-state index in [4.69, 9.17) is 9.47 Å². The van der Waals surface area contributed by atoms with Crippen LogP contribution in [0.1, 0.15) is 43.1 Å². The van der Waals surface area contributed by atoms with Gasteiger partial charge in [0.1, 0.15) is 12.4 Å². The van der Waals surface area contributed by atoms with Gasteiger partial charge in [0.15, 0.2) is 5.69 Å². The highest BCUT2D eigenvalue weighted by molar-refractivity contribution is 5.88. The lowest BCUT2D eigenvalue weighted by Crippen LogP contribution is -2.53. The summed E-state index contributed by atoms with van der Waals surface area (Å²) in [7, 11) is 0. The summed E-state index contributed by atoms with van der Waals surface area (Å²) in [6.07, 6.45) is 6.69. The Morgan fingerprint density at radius 1 is 1.06 bits per heavy atom. The van der Waals surface area contributed by atoms with Crippen LogP contribution in [0.25, 0.3) is 0 Å². The highest BCUT2D eigenvalue weighted by Gasteiger charge is 2.32. The van der Waals surface area contributed by atoms with E-state index >= 15 is 0 Å². The van der Waals surface area contributed by atoms with E-state index in [1.54, 1.807) is 19.2 Å². The van der Waals surface area contributed by atoms with Gasteiger partial charge in [-0.15, -0.1) is 5.10 Å².